The number of carboxylic acids is 1. The molecule has 9 heteroatoms. The lowest BCUT2D eigenvalue weighted by Gasteiger charge is -2.20. The molecule has 0 saturated carbocycles. The summed E-state index contributed by atoms with van der Waals surface area (Å²) < 4.78 is 28.6. The SMILES string of the molecule is CN(C)S(=O)(=O)NC(CCCCCC(=O)O)c1ncc(-c2ccc3ccccc3c2)[nH]1. The molecule has 0 amide bonds. The Bertz CT molecular complexity index is 1140. The van der Waals surface area contributed by atoms with Crippen LogP contribution in [0.2, 0.25) is 0 Å². The first-order chi connectivity index (χ1) is 14.8. The largest absolute Gasteiger partial charge is 0.481 e. The van der Waals surface area contributed by atoms with Crippen LogP contribution in [0.3, 0.4) is 0 Å². The van der Waals surface area contributed by atoms with Crippen LogP contribution in [0.25, 0.3) is 22.0 Å². The van der Waals surface area contributed by atoms with E-state index in [9.17, 15) is 13.2 Å². The molecule has 0 fully saturated rings. The van der Waals surface area contributed by atoms with Crippen molar-refractivity contribution in [2.75, 3.05) is 14.1 Å². The number of aliphatic carboxylic acids is 1. The van der Waals surface area contributed by atoms with Crippen LogP contribution in [0.4, 0.5) is 0 Å². The number of nitrogens with one attached hydrogen (secondary N) is 2. The van der Waals surface area contributed by atoms with Gasteiger partial charge in [-0.05, 0) is 29.7 Å². The topological polar surface area (TPSA) is 115 Å². The van der Waals surface area contributed by atoms with Gasteiger partial charge in [0.1, 0.15) is 5.82 Å². The number of aromatic amines is 1. The molecule has 1 heterocycles. The number of fused-ring (bicyclic) bond motifs is 1. The second kappa shape index (κ2) is 10.0. The van der Waals surface area contributed by atoms with Crippen LogP contribution in [-0.4, -0.2) is 47.9 Å². The highest BCUT2D eigenvalue weighted by Gasteiger charge is 2.23. The molecule has 0 bridgehead atoms. The Balaban J connectivity index is 1.79. The molecule has 31 heavy (non-hydrogen) atoms. The zero-order valence-corrected chi connectivity index (χ0v) is 18.5. The highest BCUT2D eigenvalue weighted by Crippen LogP contribution is 2.26. The van der Waals surface area contributed by atoms with Crippen molar-refractivity contribution in [2.45, 2.75) is 38.1 Å². The zero-order chi connectivity index (χ0) is 22.4. The molecule has 0 saturated heterocycles. The molecule has 3 N–H and O–H groups in total. The van der Waals surface area contributed by atoms with E-state index in [0.717, 1.165) is 26.3 Å². The van der Waals surface area contributed by atoms with Crippen LogP contribution in [0.15, 0.2) is 48.7 Å². The molecule has 0 aliphatic heterocycles. The molecule has 0 aliphatic carbocycles. The number of carbonyl (C=O) groups is 1. The van der Waals surface area contributed by atoms with Gasteiger partial charge in [0.15, 0.2) is 0 Å². The molecule has 1 unspecified atom stereocenters. The molecular weight excluding hydrogens is 416 g/mol. The van der Waals surface area contributed by atoms with E-state index in [1.165, 1.54) is 14.1 Å². The zero-order valence-electron chi connectivity index (χ0n) is 17.7. The van der Waals surface area contributed by atoms with Gasteiger partial charge in [-0.25, -0.2) is 4.98 Å². The minimum absolute atomic E-state index is 0.112. The van der Waals surface area contributed by atoms with Crippen LogP contribution in [0, 0.1) is 0 Å². The Hall–Kier alpha value is -2.75. The number of hydrogen-bond donors (Lipinski definition) is 3. The van der Waals surface area contributed by atoms with Gasteiger partial charge in [0.2, 0.25) is 0 Å². The molecule has 1 aromatic heterocycles. The van der Waals surface area contributed by atoms with Crippen LogP contribution in [0.1, 0.15) is 44.0 Å². The van der Waals surface area contributed by atoms with Crippen LogP contribution in [-0.2, 0) is 15.0 Å². The summed E-state index contributed by atoms with van der Waals surface area (Å²) in [7, 11) is -0.722. The molecular formula is C22H28N4O4S. The first-order valence-corrected chi connectivity index (χ1v) is 11.7. The molecule has 3 aromatic rings. The highest BCUT2D eigenvalue weighted by atomic mass is 32.2. The van der Waals surface area contributed by atoms with Crippen molar-refractivity contribution in [3.8, 4) is 11.3 Å². The average molecular weight is 445 g/mol. The van der Waals surface area contributed by atoms with Gasteiger partial charge in [-0.3, -0.25) is 4.79 Å². The number of unbranched alkanes of at least 4 members (excludes halogenated alkanes) is 2. The molecule has 0 radical (unpaired) electrons. The Labute approximate surface area is 182 Å². The monoisotopic (exact) mass is 444 g/mol. The Morgan fingerprint density at radius 2 is 1.87 bits per heavy atom. The van der Waals surface area contributed by atoms with Gasteiger partial charge in [0.25, 0.3) is 10.2 Å². The standard InChI is InChI=1S/C22H28N4O4S/c1-26(2)31(29,30)25-19(10-4-3-5-11-21(27)28)22-23-15-20(24-22)18-13-12-16-8-6-7-9-17(16)14-18/h6-9,12-15,19,25H,3-5,10-11H2,1-2H3,(H,23,24)(H,27,28). The lowest BCUT2D eigenvalue weighted by atomic mass is 10.1. The third kappa shape index (κ3) is 6.13. The summed E-state index contributed by atoms with van der Waals surface area (Å²) in [6.07, 6.45) is 4.27. The predicted molar refractivity (Wildman–Crippen MR) is 121 cm³/mol. The number of nitrogens with zero attached hydrogens (tertiary/aromatic N) is 2. The maximum absolute atomic E-state index is 12.4. The van der Waals surface area contributed by atoms with E-state index in [1.54, 1.807) is 6.20 Å². The van der Waals surface area contributed by atoms with Crippen LogP contribution >= 0.6 is 0 Å². The van der Waals surface area contributed by atoms with E-state index in [4.69, 9.17) is 5.11 Å². The summed E-state index contributed by atoms with van der Waals surface area (Å²) in [6.45, 7) is 0. The summed E-state index contributed by atoms with van der Waals surface area (Å²) in [5, 5.41) is 11.0. The summed E-state index contributed by atoms with van der Waals surface area (Å²) in [5.41, 5.74) is 1.77. The minimum atomic E-state index is -3.66. The number of carboxylic acid groups (broad SMARTS) is 1. The van der Waals surface area contributed by atoms with Gasteiger partial charge >= 0.3 is 5.97 Å². The average Bonchev–Trinajstić information content (AvgIpc) is 3.22. The Kier molecular flexibility index (Phi) is 7.42. The Morgan fingerprint density at radius 3 is 2.58 bits per heavy atom. The predicted octanol–water partition coefficient (Wildman–Crippen LogP) is 3.70. The molecule has 2 aromatic carbocycles. The quantitative estimate of drug-likeness (QED) is 0.390. The molecule has 0 aliphatic rings. The fourth-order valence-electron chi connectivity index (χ4n) is 3.36. The number of imidazole rings is 1. The maximum Gasteiger partial charge on any atom is 0.303 e. The van der Waals surface area contributed by atoms with E-state index < -0.39 is 22.2 Å². The van der Waals surface area contributed by atoms with Crippen LogP contribution in [0.5, 0.6) is 0 Å². The van der Waals surface area contributed by atoms with Crippen molar-refractivity contribution in [3.63, 3.8) is 0 Å². The number of benzene rings is 2. The molecule has 8 nitrogen and oxygen atoms in total. The van der Waals surface area contributed by atoms with E-state index in [2.05, 4.69) is 20.8 Å². The summed E-state index contributed by atoms with van der Waals surface area (Å²) in [6, 6.07) is 13.7. The normalized spacial score (nSPS) is 13.0. The molecule has 3 rings (SSSR count). The molecule has 166 valence electrons. The lowest BCUT2D eigenvalue weighted by molar-refractivity contribution is -0.137. The number of rotatable bonds is 11. The van der Waals surface area contributed by atoms with Crippen molar-refractivity contribution in [1.29, 1.82) is 0 Å². The number of H-pyrrole nitrogens is 1. The second-order valence-electron chi connectivity index (χ2n) is 7.69. The lowest BCUT2D eigenvalue weighted by Crippen LogP contribution is -2.38. The molecule has 0 spiro atoms. The van der Waals surface area contributed by atoms with Gasteiger partial charge in [-0.15, -0.1) is 0 Å². The van der Waals surface area contributed by atoms with Gasteiger partial charge in [0, 0.05) is 26.1 Å². The van der Waals surface area contributed by atoms with Crippen LogP contribution < -0.4 is 4.72 Å². The third-order valence-electron chi connectivity index (χ3n) is 5.14. The summed E-state index contributed by atoms with van der Waals surface area (Å²) in [5.74, 6) is -0.289. The van der Waals surface area contributed by atoms with Gasteiger partial charge in [-0.2, -0.15) is 17.4 Å². The number of hydrogen-bond acceptors (Lipinski definition) is 4. The van der Waals surface area contributed by atoms with Gasteiger partial charge in [-0.1, -0.05) is 49.2 Å². The maximum atomic E-state index is 12.4. The second-order valence-corrected chi connectivity index (χ2v) is 9.61. The van der Waals surface area contributed by atoms with E-state index in [1.807, 2.05) is 36.4 Å². The van der Waals surface area contributed by atoms with E-state index >= 15 is 0 Å². The first kappa shape index (κ1) is 22.9. The fourth-order valence-corrected chi connectivity index (χ4v) is 4.16. The highest BCUT2D eigenvalue weighted by molar-refractivity contribution is 7.87. The van der Waals surface area contributed by atoms with E-state index in [-0.39, 0.29) is 6.42 Å². The van der Waals surface area contributed by atoms with Gasteiger partial charge < -0.3 is 10.1 Å². The van der Waals surface area contributed by atoms with E-state index in [0.29, 0.717) is 31.5 Å². The van der Waals surface area contributed by atoms with Crippen molar-refractivity contribution in [3.05, 3.63) is 54.5 Å². The van der Waals surface area contributed by atoms with Crippen molar-refractivity contribution >= 4 is 27.0 Å². The van der Waals surface area contributed by atoms with Crippen molar-refractivity contribution in [1.82, 2.24) is 19.0 Å². The van der Waals surface area contributed by atoms with Crippen molar-refractivity contribution in [2.24, 2.45) is 0 Å². The van der Waals surface area contributed by atoms with Crippen molar-refractivity contribution < 1.29 is 18.3 Å². The summed E-state index contributed by atoms with van der Waals surface area (Å²) in [4.78, 5) is 18.4. The first-order valence-electron chi connectivity index (χ1n) is 10.2. The Morgan fingerprint density at radius 1 is 1.13 bits per heavy atom. The smallest absolute Gasteiger partial charge is 0.303 e. The fraction of sp³-hybridized carbons (Fsp3) is 0.364. The minimum Gasteiger partial charge on any atom is -0.481 e. The molecule has 1 atom stereocenters. The number of aromatic nitrogens is 2. The van der Waals surface area contributed by atoms with Gasteiger partial charge in [0.05, 0.1) is 17.9 Å². The third-order valence-corrected chi connectivity index (χ3v) is 6.69. The summed E-state index contributed by atoms with van der Waals surface area (Å²) >= 11 is 0.